The van der Waals surface area contributed by atoms with E-state index in [9.17, 15) is 14.7 Å². The number of fused-ring (bicyclic) bond motifs is 1. The van der Waals surface area contributed by atoms with Gasteiger partial charge in [-0.1, -0.05) is 18.2 Å². The lowest BCUT2D eigenvalue weighted by atomic mass is 10.00. The molecule has 0 aliphatic rings. The van der Waals surface area contributed by atoms with Crippen LogP contribution < -0.4 is 16.5 Å². The molecule has 34 heavy (non-hydrogen) atoms. The number of carboxylic acid groups (broad SMARTS) is 1. The zero-order chi connectivity index (χ0) is 24.4. The Hall–Kier alpha value is -4.46. The quantitative estimate of drug-likeness (QED) is 0.359. The van der Waals surface area contributed by atoms with E-state index in [1.807, 2.05) is 19.9 Å². The molecular weight excluding hydrogens is 432 g/mol. The van der Waals surface area contributed by atoms with Crippen LogP contribution in [0, 0.1) is 6.92 Å². The molecule has 0 radical (unpaired) electrons. The first-order chi connectivity index (χ1) is 16.3. The van der Waals surface area contributed by atoms with Crippen molar-refractivity contribution < 1.29 is 14.3 Å². The number of nitrogens with one attached hydrogen (secondary N) is 1. The number of carbonyl (C=O) groups is 1. The fourth-order valence-corrected chi connectivity index (χ4v) is 3.86. The van der Waals surface area contributed by atoms with E-state index >= 15 is 0 Å². The van der Waals surface area contributed by atoms with Crippen LogP contribution in [-0.2, 0) is 0 Å². The summed E-state index contributed by atoms with van der Waals surface area (Å²) in [5, 5.41) is 13.2. The van der Waals surface area contributed by atoms with Gasteiger partial charge in [-0.3, -0.25) is 14.8 Å². The lowest BCUT2D eigenvalue weighted by Crippen LogP contribution is -2.12. The first kappa shape index (κ1) is 22.7. The molecule has 8 nitrogen and oxygen atoms in total. The number of pyridine rings is 1. The SMILES string of the molecule is CN=Cc1ncc(-c2cc(=O)c3cc(C)cc(C(C)Nc4ccccc4C(=O)O)c3o2)cc1N. The molecule has 172 valence electrons. The van der Waals surface area contributed by atoms with Crippen LogP contribution in [0.5, 0.6) is 0 Å². The van der Waals surface area contributed by atoms with E-state index in [4.69, 9.17) is 10.2 Å². The molecule has 0 aliphatic heterocycles. The molecular formula is C26H24N4O4. The molecule has 0 amide bonds. The number of rotatable bonds is 6. The summed E-state index contributed by atoms with van der Waals surface area (Å²) < 4.78 is 6.22. The fraction of sp³-hybridized carbons (Fsp3) is 0.154. The van der Waals surface area contributed by atoms with Gasteiger partial charge < -0.3 is 20.6 Å². The summed E-state index contributed by atoms with van der Waals surface area (Å²) in [6.07, 6.45) is 3.13. The lowest BCUT2D eigenvalue weighted by molar-refractivity contribution is 0.0698. The van der Waals surface area contributed by atoms with E-state index in [-0.39, 0.29) is 17.0 Å². The number of hydrogen-bond donors (Lipinski definition) is 3. The van der Waals surface area contributed by atoms with E-state index in [0.29, 0.717) is 39.4 Å². The van der Waals surface area contributed by atoms with Crippen LogP contribution >= 0.6 is 0 Å². The van der Waals surface area contributed by atoms with E-state index in [2.05, 4.69) is 15.3 Å². The summed E-state index contributed by atoms with van der Waals surface area (Å²) >= 11 is 0. The van der Waals surface area contributed by atoms with E-state index in [1.165, 1.54) is 12.1 Å². The van der Waals surface area contributed by atoms with Gasteiger partial charge in [0.2, 0.25) is 0 Å². The Bertz CT molecular complexity index is 1490. The molecule has 4 aromatic rings. The van der Waals surface area contributed by atoms with Crippen molar-refractivity contribution in [2.45, 2.75) is 19.9 Å². The molecule has 2 heterocycles. The first-order valence-electron chi connectivity index (χ1n) is 10.6. The second kappa shape index (κ2) is 9.19. The normalized spacial score (nSPS) is 12.2. The number of para-hydroxylation sites is 1. The molecule has 0 spiro atoms. The van der Waals surface area contributed by atoms with Gasteiger partial charge in [0.25, 0.3) is 0 Å². The number of anilines is 2. The van der Waals surface area contributed by atoms with Crippen molar-refractivity contribution in [2.75, 3.05) is 18.1 Å². The van der Waals surface area contributed by atoms with Gasteiger partial charge in [0, 0.05) is 42.3 Å². The van der Waals surface area contributed by atoms with E-state index in [0.717, 1.165) is 11.1 Å². The minimum atomic E-state index is -1.03. The monoisotopic (exact) mass is 456 g/mol. The molecule has 4 N–H and O–H groups in total. The van der Waals surface area contributed by atoms with Crippen LogP contribution in [0.1, 0.15) is 40.1 Å². The second-order valence-electron chi connectivity index (χ2n) is 8.01. The van der Waals surface area contributed by atoms with Crippen LogP contribution in [-0.4, -0.2) is 29.3 Å². The number of aromatic nitrogens is 1. The van der Waals surface area contributed by atoms with Crippen LogP contribution in [0.3, 0.4) is 0 Å². The highest BCUT2D eigenvalue weighted by Gasteiger charge is 2.18. The second-order valence-corrected chi connectivity index (χ2v) is 8.01. The number of aromatic carboxylic acids is 1. The van der Waals surface area contributed by atoms with Crippen molar-refractivity contribution >= 4 is 34.5 Å². The number of nitrogen functional groups attached to an aromatic ring is 1. The number of nitrogens with two attached hydrogens (primary N) is 1. The van der Waals surface area contributed by atoms with Gasteiger partial charge in [0.1, 0.15) is 17.0 Å². The van der Waals surface area contributed by atoms with Gasteiger partial charge in [-0.25, -0.2) is 4.79 Å². The molecule has 0 bridgehead atoms. The number of nitrogens with zero attached hydrogens (tertiary/aromatic N) is 2. The summed E-state index contributed by atoms with van der Waals surface area (Å²) in [6, 6.07) is 13.1. The van der Waals surface area contributed by atoms with Crippen molar-refractivity contribution in [3.8, 4) is 11.3 Å². The Morgan fingerprint density at radius 1 is 1.24 bits per heavy atom. The predicted molar refractivity (Wildman–Crippen MR) is 134 cm³/mol. The summed E-state index contributed by atoms with van der Waals surface area (Å²) in [7, 11) is 1.63. The predicted octanol–water partition coefficient (Wildman–Crippen LogP) is 4.67. The van der Waals surface area contributed by atoms with Gasteiger partial charge in [-0.05, 0) is 43.7 Å². The van der Waals surface area contributed by atoms with E-state index < -0.39 is 5.97 Å². The number of aryl methyl sites for hydroxylation is 1. The average molecular weight is 457 g/mol. The average Bonchev–Trinajstić information content (AvgIpc) is 2.80. The molecule has 1 unspecified atom stereocenters. The summed E-state index contributed by atoms with van der Waals surface area (Å²) in [5.41, 5.74) is 10.1. The Kier molecular flexibility index (Phi) is 6.14. The fourth-order valence-electron chi connectivity index (χ4n) is 3.86. The molecule has 2 aromatic carbocycles. The third-order valence-electron chi connectivity index (χ3n) is 5.48. The van der Waals surface area contributed by atoms with Crippen molar-refractivity contribution in [1.29, 1.82) is 0 Å². The molecule has 1 atom stereocenters. The largest absolute Gasteiger partial charge is 0.478 e. The van der Waals surface area contributed by atoms with Crippen molar-refractivity contribution in [3.63, 3.8) is 0 Å². The van der Waals surface area contributed by atoms with Gasteiger partial charge in [0.15, 0.2) is 5.43 Å². The first-order valence-corrected chi connectivity index (χ1v) is 10.6. The summed E-state index contributed by atoms with van der Waals surface area (Å²) in [5.74, 6) is -0.695. The van der Waals surface area contributed by atoms with Crippen molar-refractivity contribution in [3.05, 3.63) is 87.3 Å². The zero-order valence-corrected chi connectivity index (χ0v) is 19.0. The van der Waals surface area contributed by atoms with Crippen LogP contribution in [0.2, 0.25) is 0 Å². The maximum Gasteiger partial charge on any atom is 0.337 e. The van der Waals surface area contributed by atoms with Gasteiger partial charge in [-0.2, -0.15) is 0 Å². The molecule has 0 aliphatic carbocycles. The number of hydrogen-bond acceptors (Lipinski definition) is 7. The highest BCUT2D eigenvalue weighted by atomic mass is 16.4. The standard InChI is InChI=1S/C26H24N4O4/c1-14-8-18(15(2)30-21-7-5-4-6-17(21)26(32)33)25-19(9-14)23(31)11-24(34-25)16-10-20(27)22(13-28-3)29-12-16/h4-13,15,30H,27H2,1-3H3,(H,32,33). The van der Waals surface area contributed by atoms with Crippen LogP contribution in [0.25, 0.3) is 22.3 Å². The number of aliphatic imine (C=N–C) groups is 1. The van der Waals surface area contributed by atoms with Crippen LogP contribution in [0.4, 0.5) is 11.4 Å². The molecule has 0 saturated carbocycles. The molecule has 8 heteroatoms. The van der Waals surface area contributed by atoms with Gasteiger partial charge in [0.05, 0.1) is 22.7 Å². The molecule has 4 rings (SSSR count). The van der Waals surface area contributed by atoms with Crippen molar-refractivity contribution in [2.24, 2.45) is 4.99 Å². The van der Waals surface area contributed by atoms with Crippen LogP contribution in [0.15, 0.2) is 68.9 Å². The minimum absolute atomic E-state index is 0.158. The smallest absolute Gasteiger partial charge is 0.337 e. The van der Waals surface area contributed by atoms with Gasteiger partial charge >= 0.3 is 5.97 Å². The minimum Gasteiger partial charge on any atom is -0.478 e. The Morgan fingerprint density at radius 2 is 2.00 bits per heavy atom. The Balaban J connectivity index is 1.83. The third-order valence-corrected chi connectivity index (χ3v) is 5.48. The van der Waals surface area contributed by atoms with Crippen molar-refractivity contribution in [1.82, 2.24) is 4.98 Å². The highest BCUT2D eigenvalue weighted by molar-refractivity contribution is 5.94. The van der Waals surface area contributed by atoms with E-state index in [1.54, 1.807) is 49.8 Å². The van der Waals surface area contributed by atoms with Gasteiger partial charge in [-0.15, -0.1) is 0 Å². The topological polar surface area (TPSA) is 131 Å². The molecule has 2 aromatic heterocycles. The summed E-state index contributed by atoms with van der Waals surface area (Å²) in [6.45, 7) is 3.78. The Labute approximate surface area is 195 Å². The molecule has 0 saturated heterocycles. The maximum atomic E-state index is 13.0. The number of carboxylic acids is 1. The zero-order valence-electron chi connectivity index (χ0n) is 19.0. The molecule has 0 fully saturated rings. The summed E-state index contributed by atoms with van der Waals surface area (Å²) in [4.78, 5) is 32.9. The lowest BCUT2D eigenvalue weighted by Gasteiger charge is -2.19. The highest BCUT2D eigenvalue weighted by Crippen LogP contribution is 2.31. The maximum absolute atomic E-state index is 13.0. The number of benzene rings is 2. The Morgan fingerprint density at radius 3 is 2.71 bits per heavy atom. The third kappa shape index (κ3) is 4.38.